The third-order valence-corrected chi connectivity index (χ3v) is 5.86. The molecule has 4 rings (SSSR count). The maximum absolute atomic E-state index is 13.2. The van der Waals surface area contributed by atoms with Crippen LogP contribution in [0.5, 0.6) is 0 Å². The van der Waals surface area contributed by atoms with Gasteiger partial charge in [0.05, 0.1) is 23.1 Å². The van der Waals surface area contributed by atoms with Crippen molar-refractivity contribution in [2.24, 2.45) is 25.4 Å². The number of anilines is 1. The van der Waals surface area contributed by atoms with Crippen molar-refractivity contribution in [3.8, 4) is 6.07 Å². The van der Waals surface area contributed by atoms with Crippen LogP contribution in [0.2, 0.25) is 0 Å². The van der Waals surface area contributed by atoms with Gasteiger partial charge in [-0.05, 0) is 23.1 Å². The van der Waals surface area contributed by atoms with Crippen LogP contribution in [0.3, 0.4) is 0 Å². The third-order valence-electron chi connectivity index (χ3n) is 5.86. The molecule has 29 heavy (non-hydrogen) atoms. The molecule has 0 fully saturated rings. The van der Waals surface area contributed by atoms with Gasteiger partial charge in [-0.15, -0.1) is 0 Å². The van der Waals surface area contributed by atoms with Crippen LogP contribution < -0.4 is 16.6 Å². The molecule has 2 aliphatic rings. The van der Waals surface area contributed by atoms with Gasteiger partial charge in [0.25, 0.3) is 5.56 Å². The van der Waals surface area contributed by atoms with E-state index in [1.54, 1.807) is 31.3 Å². The van der Waals surface area contributed by atoms with E-state index in [1.807, 2.05) is 19.9 Å². The first-order valence-electron chi connectivity index (χ1n) is 9.47. The van der Waals surface area contributed by atoms with E-state index in [0.29, 0.717) is 23.4 Å². The number of nitrogens with one attached hydrogen (secondary N) is 1. The summed E-state index contributed by atoms with van der Waals surface area (Å²) in [7, 11) is 3.05. The average molecular weight is 390 g/mol. The van der Waals surface area contributed by atoms with Crippen molar-refractivity contribution in [3.05, 3.63) is 73.6 Å². The van der Waals surface area contributed by atoms with Crippen molar-refractivity contribution in [1.82, 2.24) is 9.13 Å². The number of hydrogen-bond donors (Lipinski definition) is 1. The van der Waals surface area contributed by atoms with Crippen LogP contribution in [-0.2, 0) is 18.9 Å². The minimum atomic E-state index is -0.534. The number of nitriles is 1. The summed E-state index contributed by atoms with van der Waals surface area (Å²) in [6, 6.07) is 9.03. The normalized spacial score (nSPS) is 22.0. The van der Waals surface area contributed by atoms with E-state index >= 15 is 0 Å². The predicted octanol–water partition coefficient (Wildman–Crippen LogP) is 2.01. The second-order valence-electron chi connectivity index (χ2n) is 8.51. The molecule has 0 unspecified atom stereocenters. The Hall–Kier alpha value is -3.40. The van der Waals surface area contributed by atoms with E-state index < -0.39 is 23.1 Å². The molecular formula is C22H22N4O3. The van der Waals surface area contributed by atoms with E-state index in [0.717, 1.165) is 15.8 Å². The molecule has 0 saturated carbocycles. The molecule has 2 heterocycles. The molecule has 0 spiro atoms. The smallest absolute Gasteiger partial charge is 0.332 e. The number of aromatic nitrogens is 2. The highest BCUT2D eigenvalue weighted by atomic mass is 16.2. The fourth-order valence-electron chi connectivity index (χ4n) is 4.50. The molecule has 1 aliphatic carbocycles. The molecule has 0 saturated heterocycles. The van der Waals surface area contributed by atoms with Gasteiger partial charge in [0.1, 0.15) is 11.6 Å². The monoisotopic (exact) mass is 390 g/mol. The Balaban J connectivity index is 2.06. The number of nitrogens with zero attached hydrogens (tertiary/aromatic N) is 3. The summed E-state index contributed by atoms with van der Waals surface area (Å²) in [5, 5.41) is 12.3. The second-order valence-corrected chi connectivity index (χ2v) is 8.51. The zero-order chi connectivity index (χ0) is 21.1. The van der Waals surface area contributed by atoms with Crippen LogP contribution in [0.15, 0.2) is 45.6 Å². The van der Waals surface area contributed by atoms with E-state index in [-0.39, 0.29) is 11.2 Å². The predicted molar refractivity (Wildman–Crippen MR) is 109 cm³/mol. The molecule has 0 amide bonds. The van der Waals surface area contributed by atoms with Crippen molar-refractivity contribution in [3.63, 3.8) is 0 Å². The Bertz CT molecular complexity index is 1220. The molecule has 7 heteroatoms. The molecular weight excluding hydrogens is 368 g/mol. The van der Waals surface area contributed by atoms with Gasteiger partial charge in [-0.25, -0.2) is 4.79 Å². The van der Waals surface area contributed by atoms with Crippen LogP contribution in [0, 0.1) is 22.7 Å². The summed E-state index contributed by atoms with van der Waals surface area (Å²) in [6.07, 6.45) is 2.40. The molecule has 2 aromatic rings. The number of Topliss-reactive ketones (excluding diaryl/α,β-unsaturated/α-hetero) is 1. The lowest BCUT2D eigenvalue weighted by Crippen LogP contribution is -2.47. The summed E-state index contributed by atoms with van der Waals surface area (Å²) >= 11 is 0. The van der Waals surface area contributed by atoms with Crippen molar-refractivity contribution in [2.45, 2.75) is 26.2 Å². The summed E-state index contributed by atoms with van der Waals surface area (Å²) in [6.45, 7) is 3.98. The van der Waals surface area contributed by atoms with Gasteiger partial charge >= 0.3 is 5.69 Å². The van der Waals surface area contributed by atoms with E-state index in [4.69, 9.17) is 5.26 Å². The Morgan fingerprint density at radius 2 is 1.72 bits per heavy atom. The van der Waals surface area contributed by atoms with Crippen LogP contribution in [-0.4, -0.2) is 14.9 Å². The van der Waals surface area contributed by atoms with Gasteiger partial charge in [-0.2, -0.15) is 5.26 Å². The highest BCUT2D eigenvalue weighted by Gasteiger charge is 2.45. The minimum absolute atomic E-state index is 0.0518. The fraction of sp³-hybridized carbons (Fsp3) is 0.364. The van der Waals surface area contributed by atoms with Gasteiger partial charge in [0, 0.05) is 32.1 Å². The van der Waals surface area contributed by atoms with Crippen molar-refractivity contribution in [1.29, 1.82) is 5.26 Å². The molecule has 0 bridgehead atoms. The maximum Gasteiger partial charge on any atom is 0.332 e. The number of benzene rings is 1. The van der Waals surface area contributed by atoms with E-state index in [1.165, 1.54) is 11.6 Å². The number of allylic oxidation sites excluding steroid dienone is 2. The third kappa shape index (κ3) is 2.83. The Morgan fingerprint density at radius 1 is 1.07 bits per heavy atom. The first-order valence-corrected chi connectivity index (χ1v) is 9.47. The Kier molecular flexibility index (Phi) is 4.12. The Morgan fingerprint density at radius 3 is 2.34 bits per heavy atom. The zero-order valence-corrected chi connectivity index (χ0v) is 16.8. The molecule has 1 aromatic heterocycles. The first kappa shape index (κ1) is 18.9. The fourth-order valence-corrected chi connectivity index (χ4v) is 4.50. The molecule has 2 atom stereocenters. The van der Waals surface area contributed by atoms with Gasteiger partial charge in [0.2, 0.25) is 0 Å². The van der Waals surface area contributed by atoms with Crippen LogP contribution in [0.4, 0.5) is 5.82 Å². The second kappa shape index (κ2) is 6.31. The maximum atomic E-state index is 13.2. The average Bonchev–Trinajstić information content (AvgIpc) is 2.68. The number of ketones is 1. The number of carbonyl (C=O) groups excluding carboxylic acids is 1. The lowest BCUT2D eigenvalue weighted by Gasteiger charge is -2.41. The topological polar surface area (TPSA) is 96.9 Å². The van der Waals surface area contributed by atoms with Crippen molar-refractivity contribution >= 4 is 11.6 Å². The van der Waals surface area contributed by atoms with Crippen LogP contribution >= 0.6 is 0 Å². The van der Waals surface area contributed by atoms with Crippen LogP contribution in [0.1, 0.15) is 42.9 Å². The van der Waals surface area contributed by atoms with Crippen molar-refractivity contribution < 1.29 is 4.79 Å². The molecule has 1 N–H and O–H groups in total. The highest BCUT2D eigenvalue weighted by Crippen LogP contribution is 2.47. The molecule has 0 radical (unpaired) electrons. The quantitative estimate of drug-likeness (QED) is 0.803. The van der Waals surface area contributed by atoms with E-state index in [2.05, 4.69) is 11.4 Å². The van der Waals surface area contributed by atoms with Gasteiger partial charge in [-0.3, -0.25) is 18.7 Å². The van der Waals surface area contributed by atoms with Crippen LogP contribution in [0.25, 0.3) is 0 Å². The summed E-state index contributed by atoms with van der Waals surface area (Å²) in [5.74, 6) is -0.593. The van der Waals surface area contributed by atoms with E-state index in [9.17, 15) is 14.4 Å². The zero-order valence-electron chi connectivity index (χ0n) is 16.8. The molecule has 1 aliphatic heterocycles. The molecule has 148 valence electrons. The highest BCUT2D eigenvalue weighted by molar-refractivity contribution is 5.90. The first-order chi connectivity index (χ1) is 13.6. The lowest BCUT2D eigenvalue weighted by molar-refractivity contribution is -0.124. The molecule has 7 nitrogen and oxygen atoms in total. The van der Waals surface area contributed by atoms with Crippen molar-refractivity contribution in [2.75, 3.05) is 5.32 Å². The van der Waals surface area contributed by atoms with Gasteiger partial charge < -0.3 is 5.32 Å². The summed E-state index contributed by atoms with van der Waals surface area (Å²) in [4.78, 5) is 38.8. The number of fused-ring (bicyclic) bond motifs is 2. The number of carbonyl (C=O) groups is 1. The minimum Gasteiger partial charge on any atom is -0.344 e. The summed E-state index contributed by atoms with van der Waals surface area (Å²) in [5.41, 5.74) is 1.23. The molecule has 1 aromatic carbocycles. The Labute approximate surface area is 167 Å². The standard InChI is InChI=1S/C22H22N4O3/c1-22(2)9-14-17(15(27)10-22)16(13-7-5-12(11-23)6-8-13)18-19(24-14)25(3)21(29)26(4)20(18)28/h5-9,16-17,24H,10H2,1-4H3/t16-,17-/m0/s1. The summed E-state index contributed by atoms with van der Waals surface area (Å²) < 4.78 is 2.49. The SMILES string of the molecule is Cn1c2c(c(=O)n(C)c1=O)[C@@H](c1ccc(C#N)cc1)[C@@H]1C(=O)CC(C)(C)C=C1N2. The van der Waals surface area contributed by atoms with Gasteiger partial charge in [0.15, 0.2) is 0 Å². The largest absolute Gasteiger partial charge is 0.344 e. The lowest BCUT2D eigenvalue weighted by atomic mass is 9.67. The number of rotatable bonds is 1. The van der Waals surface area contributed by atoms with Gasteiger partial charge in [-0.1, -0.05) is 32.1 Å². The number of hydrogen-bond acceptors (Lipinski definition) is 5.